The summed E-state index contributed by atoms with van der Waals surface area (Å²) in [7, 11) is -6.14. The van der Waals surface area contributed by atoms with Crippen molar-refractivity contribution in [2.45, 2.75) is 23.6 Å². The van der Waals surface area contributed by atoms with Crippen LogP contribution in [0.2, 0.25) is 0 Å². The smallest absolute Gasteiger partial charge is 0.261 e. The maximum absolute atomic E-state index is 12.7. The van der Waals surface area contributed by atoms with Crippen molar-refractivity contribution >= 4 is 31.4 Å². The van der Waals surface area contributed by atoms with Crippen molar-refractivity contribution in [2.75, 3.05) is 16.6 Å². The van der Waals surface area contributed by atoms with E-state index in [9.17, 15) is 16.8 Å². The number of sulfonamides is 2. The summed E-state index contributed by atoms with van der Waals surface area (Å²) >= 11 is 0. The highest BCUT2D eigenvalue weighted by atomic mass is 32.2. The zero-order valence-corrected chi connectivity index (χ0v) is 18.3. The fourth-order valence-corrected chi connectivity index (χ4v) is 5.10. The van der Waals surface area contributed by atoms with Gasteiger partial charge in [-0.25, -0.2) is 16.8 Å². The third-order valence-electron chi connectivity index (χ3n) is 4.50. The number of para-hydroxylation sites is 1. The van der Waals surface area contributed by atoms with Crippen LogP contribution in [0.25, 0.3) is 0 Å². The number of rotatable bonds is 7. The second kappa shape index (κ2) is 8.37. The first-order valence-electron chi connectivity index (χ1n) is 8.98. The van der Waals surface area contributed by atoms with Gasteiger partial charge in [0.15, 0.2) is 0 Å². The van der Waals surface area contributed by atoms with Gasteiger partial charge in [-0.1, -0.05) is 18.2 Å². The van der Waals surface area contributed by atoms with Crippen molar-refractivity contribution in [1.29, 1.82) is 0 Å². The fraction of sp³-hybridized carbons (Fsp3) is 0.143. The Bertz CT molecular complexity index is 1230. The molecule has 0 saturated heterocycles. The van der Waals surface area contributed by atoms with Crippen molar-refractivity contribution in [2.24, 2.45) is 0 Å². The second-order valence-corrected chi connectivity index (χ2v) is 10.0. The largest absolute Gasteiger partial charge is 0.497 e. The topological polar surface area (TPSA) is 102 Å². The van der Waals surface area contributed by atoms with Crippen LogP contribution in [0.1, 0.15) is 11.1 Å². The molecule has 9 heteroatoms. The number of benzene rings is 3. The lowest BCUT2D eigenvalue weighted by molar-refractivity contribution is 0.414. The van der Waals surface area contributed by atoms with Crippen molar-refractivity contribution < 1.29 is 21.6 Å². The monoisotopic (exact) mass is 446 g/mol. The zero-order chi connectivity index (χ0) is 21.9. The predicted octanol–water partition coefficient (Wildman–Crippen LogP) is 3.91. The minimum Gasteiger partial charge on any atom is -0.497 e. The van der Waals surface area contributed by atoms with Crippen molar-refractivity contribution in [3.63, 3.8) is 0 Å². The highest BCUT2D eigenvalue weighted by Crippen LogP contribution is 2.25. The summed E-state index contributed by atoms with van der Waals surface area (Å²) in [5.41, 5.74) is 2.39. The maximum Gasteiger partial charge on any atom is 0.261 e. The molecule has 0 aromatic heterocycles. The van der Waals surface area contributed by atoms with E-state index >= 15 is 0 Å². The van der Waals surface area contributed by atoms with Gasteiger partial charge in [0.1, 0.15) is 5.75 Å². The standard InChI is InChI=1S/C21H22N2O5S2/c1-15-5-4-6-16(2)21(15)23-30(26,27)19-11-7-17(8-12-19)22-29(24,25)20-13-9-18(28-3)10-14-20/h4-14,22-23H,1-3H3. The molecule has 0 radical (unpaired) electrons. The molecule has 0 aliphatic carbocycles. The third-order valence-corrected chi connectivity index (χ3v) is 7.27. The highest BCUT2D eigenvalue weighted by Gasteiger charge is 2.18. The number of aryl methyl sites for hydroxylation is 2. The molecule has 0 amide bonds. The molecule has 30 heavy (non-hydrogen) atoms. The molecule has 0 aliphatic rings. The van der Waals surface area contributed by atoms with Gasteiger partial charge >= 0.3 is 0 Å². The highest BCUT2D eigenvalue weighted by molar-refractivity contribution is 7.93. The molecule has 0 bridgehead atoms. The van der Waals surface area contributed by atoms with Gasteiger partial charge < -0.3 is 4.74 Å². The molecule has 0 fully saturated rings. The van der Waals surface area contributed by atoms with E-state index in [1.807, 2.05) is 32.0 Å². The maximum atomic E-state index is 12.7. The number of ether oxygens (including phenoxy) is 1. The zero-order valence-electron chi connectivity index (χ0n) is 16.7. The van der Waals surface area contributed by atoms with E-state index in [4.69, 9.17) is 4.74 Å². The van der Waals surface area contributed by atoms with Gasteiger partial charge in [-0.05, 0) is 73.5 Å². The van der Waals surface area contributed by atoms with Gasteiger partial charge in [-0.2, -0.15) is 0 Å². The van der Waals surface area contributed by atoms with Crippen LogP contribution in [0.5, 0.6) is 5.75 Å². The van der Waals surface area contributed by atoms with Crippen LogP contribution in [0.3, 0.4) is 0 Å². The number of anilines is 2. The van der Waals surface area contributed by atoms with Crippen molar-refractivity contribution in [3.8, 4) is 5.75 Å². The van der Waals surface area contributed by atoms with Crippen molar-refractivity contribution in [1.82, 2.24) is 0 Å². The van der Waals surface area contributed by atoms with Crippen LogP contribution < -0.4 is 14.2 Å². The molecule has 0 unspecified atom stereocenters. The van der Waals surface area contributed by atoms with Crippen LogP contribution in [-0.2, 0) is 20.0 Å². The summed E-state index contributed by atoms with van der Waals surface area (Å²) in [5.74, 6) is 0.542. The molecule has 3 aromatic rings. The summed E-state index contributed by atoms with van der Waals surface area (Å²) in [6, 6.07) is 16.9. The summed E-state index contributed by atoms with van der Waals surface area (Å²) in [6.45, 7) is 3.64. The van der Waals surface area contributed by atoms with E-state index in [-0.39, 0.29) is 15.5 Å². The first kappa shape index (κ1) is 21.7. The molecule has 0 saturated carbocycles. The molecular formula is C21H22N2O5S2. The lowest BCUT2D eigenvalue weighted by atomic mass is 10.1. The third kappa shape index (κ3) is 4.74. The lowest BCUT2D eigenvalue weighted by Gasteiger charge is -2.14. The summed E-state index contributed by atoms with van der Waals surface area (Å²) < 4.78 is 60.5. The summed E-state index contributed by atoms with van der Waals surface area (Å²) in [6.07, 6.45) is 0. The van der Waals surface area contributed by atoms with Gasteiger partial charge in [0.2, 0.25) is 0 Å². The molecule has 0 aliphatic heterocycles. The Kier molecular flexibility index (Phi) is 6.04. The molecule has 0 heterocycles. The van der Waals surface area contributed by atoms with E-state index in [2.05, 4.69) is 9.44 Å². The lowest BCUT2D eigenvalue weighted by Crippen LogP contribution is -2.15. The van der Waals surface area contributed by atoms with Crippen LogP contribution >= 0.6 is 0 Å². The van der Waals surface area contributed by atoms with E-state index in [1.54, 1.807) is 12.1 Å². The van der Waals surface area contributed by atoms with Gasteiger partial charge in [-0.15, -0.1) is 0 Å². The number of hydrogen-bond donors (Lipinski definition) is 2. The van der Waals surface area contributed by atoms with Gasteiger partial charge in [-0.3, -0.25) is 9.44 Å². The molecule has 7 nitrogen and oxygen atoms in total. The van der Waals surface area contributed by atoms with Gasteiger partial charge in [0, 0.05) is 5.69 Å². The Hall–Kier alpha value is -3.04. The minimum absolute atomic E-state index is 0.0255. The van der Waals surface area contributed by atoms with Gasteiger partial charge in [0.25, 0.3) is 20.0 Å². The van der Waals surface area contributed by atoms with E-state index in [1.165, 1.54) is 43.5 Å². The van der Waals surface area contributed by atoms with E-state index in [0.717, 1.165) is 11.1 Å². The van der Waals surface area contributed by atoms with Crippen LogP contribution in [0.15, 0.2) is 76.5 Å². The Morgan fingerprint density at radius 2 is 1.13 bits per heavy atom. The number of hydrogen-bond acceptors (Lipinski definition) is 5. The quantitative estimate of drug-likeness (QED) is 0.573. The average Bonchev–Trinajstić information content (AvgIpc) is 2.71. The fourth-order valence-electron chi connectivity index (χ4n) is 2.84. The Morgan fingerprint density at radius 3 is 1.63 bits per heavy atom. The summed E-state index contributed by atoms with van der Waals surface area (Å²) in [5, 5.41) is 0. The normalized spacial score (nSPS) is 11.7. The van der Waals surface area contributed by atoms with Gasteiger partial charge in [0.05, 0.1) is 22.6 Å². The molecule has 3 aromatic carbocycles. The first-order chi connectivity index (χ1) is 14.1. The Morgan fingerprint density at radius 1 is 0.667 bits per heavy atom. The molecule has 3 rings (SSSR count). The predicted molar refractivity (Wildman–Crippen MR) is 117 cm³/mol. The SMILES string of the molecule is COc1ccc(S(=O)(=O)Nc2ccc(S(=O)(=O)Nc3c(C)cccc3C)cc2)cc1. The Labute approximate surface area is 176 Å². The Balaban J connectivity index is 1.80. The molecule has 0 spiro atoms. The van der Waals surface area contributed by atoms with Crippen LogP contribution in [0.4, 0.5) is 11.4 Å². The summed E-state index contributed by atoms with van der Waals surface area (Å²) in [4.78, 5) is 0.0919. The number of methoxy groups -OCH3 is 1. The molecule has 158 valence electrons. The average molecular weight is 447 g/mol. The van der Waals surface area contributed by atoms with E-state index < -0.39 is 20.0 Å². The number of nitrogens with one attached hydrogen (secondary N) is 2. The van der Waals surface area contributed by atoms with Crippen molar-refractivity contribution in [3.05, 3.63) is 77.9 Å². The molecular weight excluding hydrogens is 424 g/mol. The second-order valence-electron chi connectivity index (χ2n) is 6.68. The molecule has 0 atom stereocenters. The molecule has 2 N–H and O–H groups in total. The van der Waals surface area contributed by atoms with E-state index in [0.29, 0.717) is 11.4 Å². The van der Waals surface area contributed by atoms with Crippen LogP contribution in [-0.4, -0.2) is 23.9 Å². The van der Waals surface area contributed by atoms with Crippen LogP contribution in [0, 0.1) is 13.8 Å². The first-order valence-corrected chi connectivity index (χ1v) is 11.9. The minimum atomic E-state index is -3.82.